The monoisotopic (exact) mass is 478 g/mol. The van der Waals surface area contributed by atoms with E-state index in [0.29, 0.717) is 19.4 Å². The van der Waals surface area contributed by atoms with Gasteiger partial charge in [0.05, 0.1) is 4.90 Å². The maximum Gasteiger partial charge on any atom is 0.424 e. The highest BCUT2D eigenvalue weighted by Gasteiger charge is 2.35. The first-order chi connectivity index (χ1) is 15.4. The molecule has 33 heavy (non-hydrogen) atoms. The van der Waals surface area contributed by atoms with Crippen molar-refractivity contribution in [3.05, 3.63) is 59.9 Å². The van der Waals surface area contributed by atoms with Crippen LogP contribution in [0.25, 0.3) is 0 Å². The van der Waals surface area contributed by atoms with Crippen LogP contribution < -0.4 is 10.1 Å². The molecular weight excluding hydrogens is 447 g/mol. The standard InChI is InChI=1S/C24H31FN2O5S/c1-23(2,3)32-22(28)27(33(29,30)20-13-11-19(25)12-14-20)16-8-7-15-26-24(4)17-18-9-5-6-10-21(18)31-24/h5-6,9-14,26H,7-8,15-17H2,1-4H3. The van der Waals surface area contributed by atoms with Gasteiger partial charge in [0.1, 0.15) is 17.2 Å². The van der Waals surface area contributed by atoms with Crippen LogP contribution >= 0.6 is 0 Å². The van der Waals surface area contributed by atoms with Gasteiger partial charge in [0.2, 0.25) is 0 Å². The molecule has 1 aliphatic rings. The summed E-state index contributed by atoms with van der Waals surface area (Å²) < 4.78 is 51.5. The molecule has 1 N–H and O–H groups in total. The number of nitrogens with one attached hydrogen (secondary N) is 1. The van der Waals surface area contributed by atoms with E-state index >= 15 is 0 Å². The van der Waals surface area contributed by atoms with Crippen molar-refractivity contribution >= 4 is 16.1 Å². The van der Waals surface area contributed by atoms with Gasteiger partial charge in [0, 0.05) is 13.0 Å². The van der Waals surface area contributed by atoms with E-state index in [2.05, 4.69) is 5.32 Å². The first-order valence-electron chi connectivity index (χ1n) is 10.9. The molecule has 0 spiro atoms. The number of nitrogens with zero attached hydrogens (tertiary/aromatic N) is 1. The highest BCUT2D eigenvalue weighted by atomic mass is 32.2. The van der Waals surface area contributed by atoms with E-state index in [9.17, 15) is 17.6 Å². The topological polar surface area (TPSA) is 84.9 Å². The van der Waals surface area contributed by atoms with E-state index in [1.807, 2.05) is 31.2 Å². The molecule has 0 saturated carbocycles. The molecule has 7 nitrogen and oxygen atoms in total. The lowest BCUT2D eigenvalue weighted by molar-refractivity contribution is 0.0386. The average molecular weight is 479 g/mol. The van der Waals surface area contributed by atoms with Crippen LogP contribution in [-0.4, -0.2) is 43.2 Å². The second kappa shape index (κ2) is 9.69. The van der Waals surface area contributed by atoms with Crippen molar-refractivity contribution in [2.45, 2.75) is 63.2 Å². The number of sulfonamides is 1. The lowest BCUT2D eigenvalue weighted by Crippen LogP contribution is -2.47. The summed E-state index contributed by atoms with van der Waals surface area (Å²) >= 11 is 0. The zero-order valence-corrected chi connectivity index (χ0v) is 20.2. The van der Waals surface area contributed by atoms with Crippen LogP contribution in [0.15, 0.2) is 53.4 Å². The van der Waals surface area contributed by atoms with Gasteiger partial charge in [0.25, 0.3) is 10.0 Å². The molecule has 1 unspecified atom stereocenters. The third-order valence-corrected chi connectivity index (χ3v) is 6.90. The number of carbonyl (C=O) groups is 1. The molecule has 0 radical (unpaired) electrons. The molecule has 9 heteroatoms. The summed E-state index contributed by atoms with van der Waals surface area (Å²) in [5, 5.41) is 3.37. The van der Waals surface area contributed by atoms with E-state index in [1.54, 1.807) is 20.8 Å². The van der Waals surface area contributed by atoms with Crippen molar-refractivity contribution < 1.29 is 27.1 Å². The number of fused-ring (bicyclic) bond motifs is 1. The van der Waals surface area contributed by atoms with Crippen LogP contribution in [0.3, 0.4) is 0 Å². The van der Waals surface area contributed by atoms with Crippen molar-refractivity contribution in [1.82, 2.24) is 9.62 Å². The van der Waals surface area contributed by atoms with Crippen LogP contribution in [0.2, 0.25) is 0 Å². The van der Waals surface area contributed by atoms with Crippen molar-refractivity contribution in [3.63, 3.8) is 0 Å². The normalized spacial score (nSPS) is 17.8. The Hall–Kier alpha value is -2.65. The predicted octanol–water partition coefficient (Wildman–Crippen LogP) is 4.47. The van der Waals surface area contributed by atoms with Gasteiger partial charge < -0.3 is 9.47 Å². The number of hydrogen-bond acceptors (Lipinski definition) is 6. The van der Waals surface area contributed by atoms with Crippen LogP contribution in [0.5, 0.6) is 5.75 Å². The number of hydrogen-bond donors (Lipinski definition) is 1. The van der Waals surface area contributed by atoms with Gasteiger partial charge in [-0.15, -0.1) is 0 Å². The summed E-state index contributed by atoms with van der Waals surface area (Å²) in [7, 11) is -4.19. The third kappa shape index (κ3) is 6.45. The molecule has 0 bridgehead atoms. The first-order valence-corrected chi connectivity index (χ1v) is 12.4. The Labute approximate surface area is 194 Å². The lowest BCUT2D eigenvalue weighted by Gasteiger charge is -2.28. The number of benzene rings is 2. The summed E-state index contributed by atoms with van der Waals surface area (Å²) in [5.74, 6) is 0.294. The molecule has 1 atom stereocenters. The van der Waals surface area contributed by atoms with Crippen molar-refractivity contribution in [3.8, 4) is 5.75 Å². The maximum atomic E-state index is 13.3. The van der Waals surface area contributed by atoms with E-state index in [0.717, 1.165) is 46.3 Å². The fraction of sp³-hybridized carbons (Fsp3) is 0.458. The Bertz CT molecular complexity index is 1060. The largest absolute Gasteiger partial charge is 0.472 e. The van der Waals surface area contributed by atoms with Crippen LogP contribution in [-0.2, 0) is 21.2 Å². The fourth-order valence-electron chi connectivity index (χ4n) is 3.58. The average Bonchev–Trinajstić information content (AvgIpc) is 3.05. The Morgan fingerprint density at radius 2 is 1.82 bits per heavy atom. The van der Waals surface area contributed by atoms with Gasteiger partial charge >= 0.3 is 6.09 Å². The van der Waals surface area contributed by atoms with Crippen molar-refractivity contribution in [1.29, 1.82) is 0 Å². The minimum atomic E-state index is -4.19. The molecule has 1 heterocycles. The van der Waals surface area contributed by atoms with Crippen LogP contribution in [0.1, 0.15) is 46.1 Å². The third-order valence-electron chi connectivity index (χ3n) is 5.12. The minimum Gasteiger partial charge on any atom is -0.472 e. The minimum absolute atomic E-state index is 0.0614. The number of halogens is 1. The molecule has 1 aliphatic heterocycles. The first kappa shape index (κ1) is 25.0. The van der Waals surface area contributed by atoms with Gasteiger partial charge in [0.15, 0.2) is 5.72 Å². The second-order valence-electron chi connectivity index (χ2n) is 9.26. The van der Waals surface area contributed by atoms with Gasteiger partial charge in [-0.1, -0.05) is 18.2 Å². The van der Waals surface area contributed by atoms with Crippen LogP contribution in [0.4, 0.5) is 9.18 Å². The molecule has 0 aromatic heterocycles. The van der Waals surface area contributed by atoms with E-state index in [4.69, 9.17) is 9.47 Å². The number of ether oxygens (including phenoxy) is 2. The number of para-hydroxylation sites is 1. The molecule has 2 aromatic carbocycles. The van der Waals surface area contributed by atoms with Gasteiger partial charge in [-0.2, -0.15) is 0 Å². The second-order valence-corrected chi connectivity index (χ2v) is 11.1. The summed E-state index contributed by atoms with van der Waals surface area (Å²) in [4.78, 5) is 12.5. The molecule has 1 amide bonds. The highest BCUT2D eigenvalue weighted by molar-refractivity contribution is 7.89. The summed E-state index contributed by atoms with van der Waals surface area (Å²) in [6, 6.07) is 12.2. The Morgan fingerprint density at radius 3 is 2.45 bits per heavy atom. The maximum absolute atomic E-state index is 13.3. The molecule has 2 aromatic rings. The predicted molar refractivity (Wildman–Crippen MR) is 123 cm³/mol. The smallest absolute Gasteiger partial charge is 0.424 e. The summed E-state index contributed by atoms with van der Waals surface area (Å²) in [6.45, 7) is 7.48. The molecule has 0 saturated heterocycles. The number of rotatable bonds is 8. The SMILES string of the molecule is CC(C)(C)OC(=O)N(CCCCNC1(C)Cc2ccccc2O1)S(=O)(=O)c1ccc(F)cc1. The molecule has 0 aliphatic carbocycles. The van der Waals surface area contributed by atoms with Crippen LogP contribution in [0, 0.1) is 5.82 Å². The van der Waals surface area contributed by atoms with E-state index < -0.39 is 33.3 Å². The van der Waals surface area contributed by atoms with Gasteiger partial charge in [-0.3, -0.25) is 5.32 Å². The zero-order chi connectivity index (χ0) is 24.3. The van der Waals surface area contributed by atoms with E-state index in [-0.39, 0.29) is 11.4 Å². The number of unbranched alkanes of at least 4 members (excludes halogenated alkanes) is 1. The molecule has 3 rings (SSSR count). The Kier molecular flexibility index (Phi) is 7.33. The summed E-state index contributed by atoms with van der Waals surface area (Å²) in [5.41, 5.74) is -0.262. The Balaban J connectivity index is 1.61. The molecule has 180 valence electrons. The summed E-state index contributed by atoms with van der Waals surface area (Å²) in [6.07, 6.45) is 0.788. The van der Waals surface area contributed by atoms with Crippen molar-refractivity contribution in [2.75, 3.05) is 13.1 Å². The Morgan fingerprint density at radius 1 is 1.15 bits per heavy atom. The van der Waals surface area contributed by atoms with Gasteiger partial charge in [-0.25, -0.2) is 21.9 Å². The van der Waals surface area contributed by atoms with E-state index in [1.165, 1.54) is 0 Å². The fourth-order valence-corrected chi connectivity index (χ4v) is 4.92. The van der Waals surface area contributed by atoms with Crippen molar-refractivity contribution in [2.24, 2.45) is 0 Å². The number of carbonyl (C=O) groups excluding carboxylic acids is 1. The lowest BCUT2D eigenvalue weighted by atomic mass is 10.1. The quantitative estimate of drug-likeness (QED) is 0.564. The van der Waals surface area contributed by atoms with Gasteiger partial charge in [-0.05, 0) is 83.0 Å². The molecular formula is C24H31FN2O5S. The number of amides is 1. The zero-order valence-electron chi connectivity index (χ0n) is 19.4. The highest BCUT2D eigenvalue weighted by Crippen LogP contribution is 2.33. The molecule has 0 fully saturated rings.